The monoisotopic (exact) mass is 306 g/mol. The van der Waals surface area contributed by atoms with E-state index in [0.717, 1.165) is 24.5 Å². The number of aromatic nitrogens is 1. The molecule has 78 valence electrons. The summed E-state index contributed by atoms with van der Waals surface area (Å²) in [6, 6.07) is 3.99. The van der Waals surface area contributed by atoms with Gasteiger partial charge in [0.05, 0.1) is 11.8 Å². The highest BCUT2D eigenvalue weighted by Crippen LogP contribution is 2.12. The van der Waals surface area contributed by atoms with Gasteiger partial charge in [0.1, 0.15) is 5.82 Å². The molecular weight excluding hydrogens is 291 g/mol. The zero-order valence-corrected chi connectivity index (χ0v) is 10.6. The summed E-state index contributed by atoms with van der Waals surface area (Å²) in [6.07, 6.45) is 0.486. The smallest absolute Gasteiger partial charge is 0.126 e. The molecule has 0 aliphatic carbocycles. The number of rotatable bonds is 4. The zero-order valence-electron chi connectivity index (χ0n) is 8.42. The molecule has 14 heavy (non-hydrogen) atoms. The van der Waals surface area contributed by atoms with Crippen molar-refractivity contribution in [3.8, 4) is 0 Å². The highest BCUT2D eigenvalue weighted by Gasteiger charge is 1.99. The van der Waals surface area contributed by atoms with E-state index >= 15 is 0 Å². The fourth-order valence-corrected chi connectivity index (χ4v) is 1.35. The molecule has 0 aromatic carbocycles. The number of anilines is 1. The Balaban J connectivity index is 2.47. The lowest BCUT2D eigenvalue weighted by atomic mass is 10.3. The van der Waals surface area contributed by atoms with Gasteiger partial charge in [0, 0.05) is 10.1 Å². The second kappa shape index (κ2) is 5.50. The first kappa shape index (κ1) is 11.7. The van der Waals surface area contributed by atoms with E-state index in [2.05, 4.69) is 32.9 Å². The number of hydrogen-bond donors (Lipinski definition) is 2. The summed E-state index contributed by atoms with van der Waals surface area (Å²) in [7, 11) is 0. The van der Waals surface area contributed by atoms with E-state index in [0.29, 0.717) is 0 Å². The summed E-state index contributed by atoms with van der Waals surface area (Å²) in [4.78, 5) is 4.37. The van der Waals surface area contributed by atoms with Crippen LogP contribution >= 0.6 is 22.6 Å². The summed E-state index contributed by atoms with van der Waals surface area (Å²) >= 11 is 2.26. The van der Waals surface area contributed by atoms with Crippen LogP contribution in [0.5, 0.6) is 0 Å². The van der Waals surface area contributed by atoms with Gasteiger partial charge in [-0.05, 0) is 55.0 Å². The van der Waals surface area contributed by atoms with Crippen LogP contribution in [0.2, 0.25) is 0 Å². The Hall–Kier alpha value is -0.360. The van der Waals surface area contributed by atoms with Gasteiger partial charge in [0.15, 0.2) is 0 Å². The van der Waals surface area contributed by atoms with Crippen LogP contribution in [0.1, 0.15) is 19.0 Å². The van der Waals surface area contributed by atoms with Crippen LogP contribution in [-0.4, -0.2) is 22.7 Å². The van der Waals surface area contributed by atoms with E-state index in [1.165, 1.54) is 3.57 Å². The molecule has 0 radical (unpaired) electrons. The maximum atomic E-state index is 9.07. The minimum absolute atomic E-state index is 0.257. The molecule has 1 heterocycles. The third-order valence-corrected chi connectivity index (χ3v) is 3.03. The molecule has 3 nitrogen and oxygen atoms in total. The Morgan fingerprint density at radius 2 is 2.29 bits per heavy atom. The van der Waals surface area contributed by atoms with Gasteiger partial charge in [-0.25, -0.2) is 4.98 Å². The molecule has 0 bridgehead atoms. The summed E-state index contributed by atoms with van der Waals surface area (Å²) in [5.41, 5.74) is 1.03. The van der Waals surface area contributed by atoms with Gasteiger partial charge in [0.25, 0.3) is 0 Å². The molecule has 0 aliphatic heterocycles. The van der Waals surface area contributed by atoms with Crippen LogP contribution in [0.3, 0.4) is 0 Å². The standard InChI is InChI=1S/C10H15IN2O/c1-7(14)5-6-12-10-4-3-9(11)8(2)13-10/h3-4,7,14H,5-6H2,1-2H3,(H,12,13)/t7-/m0/s1. The van der Waals surface area contributed by atoms with Gasteiger partial charge in [-0.15, -0.1) is 0 Å². The molecule has 1 atom stereocenters. The highest BCUT2D eigenvalue weighted by atomic mass is 127. The average molecular weight is 306 g/mol. The zero-order chi connectivity index (χ0) is 10.6. The molecule has 0 saturated carbocycles. The maximum Gasteiger partial charge on any atom is 0.126 e. The van der Waals surface area contributed by atoms with Gasteiger partial charge < -0.3 is 10.4 Å². The molecular formula is C10H15IN2O. The number of hydrogen-bond acceptors (Lipinski definition) is 3. The molecule has 2 N–H and O–H groups in total. The van der Waals surface area contributed by atoms with Gasteiger partial charge in [-0.2, -0.15) is 0 Å². The number of nitrogens with one attached hydrogen (secondary N) is 1. The van der Waals surface area contributed by atoms with Crippen molar-refractivity contribution < 1.29 is 5.11 Å². The van der Waals surface area contributed by atoms with E-state index in [1.54, 1.807) is 6.92 Å². The predicted molar refractivity (Wildman–Crippen MR) is 66.5 cm³/mol. The SMILES string of the molecule is Cc1nc(NCC[C@H](C)O)ccc1I. The second-order valence-electron chi connectivity index (χ2n) is 3.33. The third kappa shape index (κ3) is 3.79. The molecule has 4 heteroatoms. The lowest BCUT2D eigenvalue weighted by molar-refractivity contribution is 0.188. The van der Waals surface area contributed by atoms with Crippen molar-refractivity contribution in [1.29, 1.82) is 0 Å². The summed E-state index contributed by atoms with van der Waals surface area (Å²) in [5, 5.41) is 12.2. The lowest BCUT2D eigenvalue weighted by Gasteiger charge is -2.08. The molecule has 0 amide bonds. The van der Waals surface area contributed by atoms with E-state index in [9.17, 15) is 0 Å². The Kier molecular flexibility index (Phi) is 4.60. The fourth-order valence-electron chi connectivity index (χ4n) is 1.05. The molecule has 0 unspecified atom stereocenters. The number of aliphatic hydroxyl groups excluding tert-OH is 1. The van der Waals surface area contributed by atoms with Crippen molar-refractivity contribution in [2.75, 3.05) is 11.9 Å². The van der Waals surface area contributed by atoms with Crippen LogP contribution in [0, 0.1) is 10.5 Å². The average Bonchev–Trinajstić information content (AvgIpc) is 2.10. The lowest BCUT2D eigenvalue weighted by Crippen LogP contribution is -2.10. The minimum atomic E-state index is -0.257. The first-order chi connectivity index (χ1) is 6.59. The van der Waals surface area contributed by atoms with E-state index in [-0.39, 0.29) is 6.10 Å². The van der Waals surface area contributed by atoms with Crippen molar-refractivity contribution in [3.63, 3.8) is 0 Å². The quantitative estimate of drug-likeness (QED) is 0.838. The molecule has 0 spiro atoms. The molecule has 0 saturated heterocycles. The van der Waals surface area contributed by atoms with Crippen molar-refractivity contribution in [2.45, 2.75) is 26.4 Å². The van der Waals surface area contributed by atoms with Gasteiger partial charge >= 0.3 is 0 Å². The van der Waals surface area contributed by atoms with Crippen molar-refractivity contribution in [3.05, 3.63) is 21.4 Å². The Morgan fingerprint density at radius 1 is 1.57 bits per heavy atom. The van der Waals surface area contributed by atoms with Gasteiger partial charge in [-0.3, -0.25) is 0 Å². The third-order valence-electron chi connectivity index (χ3n) is 1.89. The fraction of sp³-hybridized carbons (Fsp3) is 0.500. The van der Waals surface area contributed by atoms with Crippen LogP contribution in [0.25, 0.3) is 0 Å². The largest absolute Gasteiger partial charge is 0.393 e. The highest BCUT2D eigenvalue weighted by molar-refractivity contribution is 14.1. The van der Waals surface area contributed by atoms with E-state index in [4.69, 9.17) is 5.11 Å². The number of aliphatic hydroxyl groups is 1. The number of halogens is 1. The molecule has 1 aromatic rings. The van der Waals surface area contributed by atoms with Crippen LogP contribution in [0.15, 0.2) is 12.1 Å². The number of nitrogens with zero attached hydrogens (tertiary/aromatic N) is 1. The predicted octanol–water partition coefficient (Wildman–Crippen LogP) is 2.18. The Morgan fingerprint density at radius 3 is 2.86 bits per heavy atom. The topological polar surface area (TPSA) is 45.2 Å². The first-order valence-electron chi connectivity index (χ1n) is 4.64. The molecule has 0 aliphatic rings. The van der Waals surface area contributed by atoms with Gasteiger partial charge in [0.2, 0.25) is 0 Å². The number of aryl methyl sites for hydroxylation is 1. The summed E-state index contributed by atoms with van der Waals surface area (Å²) < 4.78 is 1.17. The van der Waals surface area contributed by atoms with Crippen molar-refractivity contribution >= 4 is 28.4 Å². The summed E-state index contributed by atoms with van der Waals surface area (Å²) in [5.74, 6) is 0.878. The Labute approximate surface area is 98.1 Å². The minimum Gasteiger partial charge on any atom is -0.393 e. The second-order valence-corrected chi connectivity index (χ2v) is 4.49. The van der Waals surface area contributed by atoms with E-state index in [1.807, 2.05) is 19.1 Å². The van der Waals surface area contributed by atoms with Crippen LogP contribution < -0.4 is 5.32 Å². The van der Waals surface area contributed by atoms with E-state index < -0.39 is 0 Å². The van der Waals surface area contributed by atoms with Gasteiger partial charge in [-0.1, -0.05) is 0 Å². The summed E-state index contributed by atoms with van der Waals surface area (Å²) in [6.45, 7) is 4.53. The Bertz CT molecular complexity index is 302. The van der Waals surface area contributed by atoms with Crippen molar-refractivity contribution in [2.24, 2.45) is 0 Å². The normalized spacial score (nSPS) is 12.6. The molecule has 0 fully saturated rings. The molecule has 1 aromatic heterocycles. The van der Waals surface area contributed by atoms with Crippen molar-refractivity contribution in [1.82, 2.24) is 4.98 Å². The molecule has 1 rings (SSSR count). The van der Waals surface area contributed by atoms with Crippen LogP contribution in [-0.2, 0) is 0 Å². The number of pyridine rings is 1. The first-order valence-corrected chi connectivity index (χ1v) is 5.72. The van der Waals surface area contributed by atoms with Crippen LogP contribution in [0.4, 0.5) is 5.82 Å². The maximum absolute atomic E-state index is 9.07.